The second-order valence-corrected chi connectivity index (χ2v) is 8.52. The quantitative estimate of drug-likeness (QED) is 0.674. The molecule has 0 aromatic heterocycles. The number of methoxy groups -OCH3 is 1. The fourth-order valence-electron chi connectivity index (χ4n) is 3.06. The van der Waals surface area contributed by atoms with E-state index in [0.717, 1.165) is 11.0 Å². The highest BCUT2D eigenvalue weighted by molar-refractivity contribution is 7.94. The van der Waals surface area contributed by atoms with Gasteiger partial charge in [-0.05, 0) is 42.8 Å². The summed E-state index contributed by atoms with van der Waals surface area (Å²) in [6.45, 7) is 1.33. The van der Waals surface area contributed by atoms with Gasteiger partial charge in [-0.2, -0.15) is 0 Å². The van der Waals surface area contributed by atoms with E-state index in [1.54, 1.807) is 48.5 Å². The number of ether oxygens (including phenoxy) is 2. The van der Waals surface area contributed by atoms with Crippen molar-refractivity contribution in [1.82, 2.24) is 0 Å². The Kier molecular flexibility index (Phi) is 6.03. The average molecular weight is 415 g/mol. The lowest BCUT2D eigenvalue weighted by Gasteiger charge is -2.27. The number of nitrogens with zero attached hydrogens (tertiary/aromatic N) is 1. The number of carbonyl (C=O) groups is 2. The second-order valence-electron chi connectivity index (χ2n) is 6.59. The topological polar surface area (TPSA) is 90.0 Å². The van der Waals surface area contributed by atoms with Gasteiger partial charge in [-0.1, -0.05) is 24.3 Å². The van der Waals surface area contributed by atoms with Crippen molar-refractivity contribution in [3.05, 3.63) is 71.1 Å². The highest BCUT2D eigenvalue weighted by Gasteiger charge is 2.31. The lowest BCUT2D eigenvalue weighted by atomic mass is 10.1. The minimum atomic E-state index is -3.36. The zero-order valence-electron chi connectivity index (χ0n) is 16.1. The number of rotatable bonds is 6. The maximum Gasteiger partial charge on any atom is 0.338 e. The Balaban J connectivity index is 1.75. The Morgan fingerprint density at radius 2 is 1.86 bits per heavy atom. The summed E-state index contributed by atoms with van der Waals surface area (Å²) in [6, 6.07) is 12.9. The molecule has 0 aliphatic carbocycles. The van der Waals surface area contributed by atoms with E-state index in [0.29, 0.717) is 11.4 Å². The monoisotopic (exact) mass is 415 g/mol. The van der Waals surface area contributed by atoms with Gasteiger partial charge in [0.2, 0.25) is 0 Å². The molecule has 2 aromatic carbocycles. The third kappa shape index (κ3) is 4.83. The molecular weight excluding hydrogens is 394 g/mol. The molecule has 0 fully saturated rings. The molecule has 7 nitrogen and oxygen atoms in total. The fourth-order valence-corrected chi connectivity index (χ4v) is 4.32. The van der Waals surface area contributed by atoms with E-state index in [1.165, 1.54) is 18.1 Å². The molecule has 1 heterocycles. The molecule has 152 valence electrons. The van der Waals surface area contributed by atoms with Crippen molar-refractivity contribution >= 4 is 27.4 Å². The standard InChI is InChI=1S/C21H21NO6S/c1-15-8-9-16(12-19(15)27-2)21(24)28-13-20(23)22(17-6-4-3-5-7-17)18-10-11-29(25,26)14-18/h3-12,18H,13-14H2,1-2H3/t18-/m0/s1. The number of esters is 1. The van der Waals surface area contributed by atoms with Crippen molar-refractivity contribution in [3.63, 3.8) is 0 Å². The van der Waals surface area contributed by atoms with Crippen LogP contribution in [0, 0.1) is 6.92 Å². The van der Waals surface area contributed by atoms with Gasteiger partial charge >= 0.3 is 5.97 Å². The van der Waals surface area contributed by atoms with Crippen molar-refractivity contribution < 1.29 is 27.5 Å². The molecule has 0 unspecified atom stereocenters. The van der Waals surface area contributed by atoms with Gasteiger partial charge in [0.05, 0.1) is 24.5 Å². The Hall–Kier alpha value is -3.13. The zero-order valence-corrected chi connectivity index (χ0v) is 16.9. The number of hydrogen-bond acceptors (Lipinski definition) is 6. The molecule has 0 spiro atoms. The van der Waals surface area contributed by atoms with E-state index in [1.807, 2.05) is 6.92 Å². The molecule has 8 heteroatoms. The first-order chi connectivity index (χ1) is 13.8. The lowest BCUT2D eigenvalue weighted by Crippen LogP contribution is -2.43. The van der Waals surface area contributed by atoms with Crippen LogP contribution in [-0.2, 0) is 19.4 Å². The molecule has 0 N–H and O–H groups in total. The van der Waals surface area contributed by atoms with Gasteiger partial charge in [0.25, 0.3) is 5.91 Å². The first-order valence-electron chi connectivity index (χ1n) is 8.90. The third-order valence-electron chi connectivity index (χ3n) is 4.52. The van der Waals surface area contributed by atoms with Crippen LogP contribution < -0.4 is 9.64 Å². The summed E-state index contributed by atoms with van der Waals surface area (Å²) in [7, 11) is -1.86. The SMILES string of the molecule is COc1cc(C(=O)OCC(=O)N(c2ccccc2)[C@H]2C=CS(=O)(=O)C2)ccc1C. The van der Waals surface area contributed by atoms with Crippen molar-refractivity contribution in [2.24, 2.45) is 0 Å². The Bertz CT molecular complexity index is 1050. The smallest absolute Gasteiger partial charge is 0.338 e. The van der Waals surface area contributed by atoms with Crippen LogP contribution in [0.5, 0.6) is 5.75 Å². The highest BCUT2D eigenvalue weighted by Crippen LogP contribution is 2.23. The minimum absolute atomic E-state index is 0.212. The van der Waals surface area contributed by atoms with E-state index in [2.05, 4.69) is 0 Å². The Morgan fingerprint density at radius 1 is 1.14 bits per heavy atom. The lowest BCUT2D eigenvalue weighted by molar-refractivity contribution is -0.121. The van der Waals surface area contributed by atoms with Gasteiger partial charge in [0, 0.05) is 11.1 Å². The third-order valence-corrected chi connectivity index (χ3v) is 5.89. The number of hydrogen-bond donors (Lipinski definition) is 0. The maximum absolute atomic E-state index is 12.9. The van der Waals surface area contributed by atoms with E-state index in [9.17, 15) is 18.0 Å². The van der Waals surface area contributed by atoms with Crippen LogP contribution in [0.3, 0.4) is 0 Å². The molecule has 1 aliphatic heterocycles. The zero-order chi connectivity index (χ0) is 21.0. The summed E-state index contributed by atoms with van der Waals surface area (Å²) in [4.78, 5) is 26.5. The summed E-state index contributed by atoms with van der Waals surface area (Å²) in [5.41, 5.74) is 1.65. The molecule has 3 rings (SSSR count). The van der Waals surface area contributed by atoms with Gasteiger partial charge in [0.15, 0.2) is 16.4 Å². The number of aryl methyl sites for hydroxylation is 1. The van der Waals surface area contributed by atoms with Crippen LogP contribution in [0.1, 0.15) is 15.9 Å². The molecule has 2 aromatic rings. The van der Waals surface area contributed by atoms with E-state index >= 15 is 0 Å². The van der Waals surface area contributed by atoms with Gasteiger partial charge < -0.3 is 14.4 Å². The predicted octanol–water partition coefficient (Wildman–Crippen LogP) is 2.50. The highest BCUT2D eigenvalue weighted by atomic mass is 32.2. The number of para-hydroxylation sites is 1. The number of sulfone groups is 1. The normalized spacial score (nSPS) is 17.0. The van der Waals surface area contributed by atoms with Crippen LogP contribution in [0.4, 0.5) is 5.69 Å². The molecular formula is C21H21NO6S. The first-order valence-corrected chi connectivity index (χ1v) is 10.6. The maximum atomic E-state index is 12.9. The number of anilines is 1. The predicted molar refractivity (Wildman–Crippen MR) is 109 cm³/mol. The molecule has 0 saturated heterocycles. The van der Waals surface area contributed by atoms with Gasteiger partial charge in [-0.15, -0.1) is 0 Å². The average Bonchev–Trinajstić information content (AvgIpc) is 3.06. The molecule has 0 radical (unpaired) electrons. The Labute approximate surface area is 169 Å². The van der Waals surface area contributed by atoms with Gasteiger partial charge in [0.1, 0.15) is 5.75 Å². The van der Waals surface area contributed by atoms with E-state index in [4.69, 9.17) is 9.47 Å². The summed E-state index contributed by atoms with van der Waals surface area (Å²) < 4.78 is 34.0. The summed E-state index contributed by atoms with van der Waals surface area (Å²) in [5, 5.41) is 1.10. The number of carbonyl (C=O) groups excluding carboxylic acids is 2. The van der Waals surface area contributed by atoms with Crippen LogP contribution in [-0.4, -0.2) is 45.8 Å². The van der Waals surface area contributed by atoms with Gasteiger partial charge in [-0.3, -0.25) is 4.79 Å². The fraction of sp³-hybridized carbons (Fsp3) is 0.238. The molecule has 29 heavy (non-hydrogen) atoms. The van der Waals surface area contributed by atoms with Crippen LogP contribution in [0.15, 0.2) is 60.0 Å². The number of benzene rings is 2. The molecule has 1 aliphatic rings. The largest absolute Gasteiger partial charge is 0.496 e. The van der Waals surface area contributed by atoms with Crippen molar-refractivity contribution in [2.75, 3.05) is 24.4 Å². The van der Waals surface area contributed by atoms with E-state index < -0.39 is 34.4 Å². The molecule has 1 amide bonds. The summed E-state index contributed by atoms with van der Waals surface area (Å²) in [5.74, 6) is -0.857. The van der Waals surface area contributed by atoms with Gasteiger partial charge in [-0.25, -0.2) is 13.2 Å². The molecule has 1 atom stereocenters. The molecule has 0 saturated carbocycles. The molecule has 0 bridgehead atoms. The summed E-state index contributed by atoms with van der Waals surface area (Å²) in [6.07, 6.45) is 1.47. The number of amides is 1. The first kappa shape index (κ1) is 20.6. The van der Waals surface area contributed by atoms with Crippen molar-refractivity contribution in [1.29, 1.82) is 0 Å². The minimum Gasteiger partial charge on any atom is -0.496 e. The second kappa shape index (κ2) is 8.48. The van der Waals surface area contributed by atoms with Crippen LogP contribution in [0.25, 0.3) is 0 Å². The van der Waals surface area contributed by atoms with Crippen LogP contribution >= 0.6 is 0 Å². The van der Waals surface area contributed by atoms with E-state index in [-0.39, 0.29) is 11.3 Å². The van der Waals surface area contributed by atoms with Crippen molar-refractivity contribution in [3.8, 4) is 5.75 Å². The van der Waals surface area contributed by atoms with Crippen molar-refractivity contribution in [2.45, 2.75) is 13.0 Å². The Morgan fingerprint density at radius 3 is 2.48 bits per heavy atom. The summed E-state index contributed by atoms with van der Waals surface area (Å²) >= 11 is 0. The van der Waals surface area contributed by atoms with Crippen LogP contribution in [0.2, 0.25) is 0 Å².